The number of carbonyl (C=O) groups is 1. The van der Waals surface area contributed by atoms with Crippen LogP contribution in [0.4, 0.5) is 0 Å². The molecule has 1 aromatic carbocycles. The molecule has 0 aliphatic rings. The summed E-state index contributed by atoms with van der Waals surface area (Å²) >= 11 is 6.96. The van der Waals surface area contributed by atoms with Crippen LogP contribution in [-0.2, 0) is 0 Å². The van der Waals surface area contributed by atoms with Gasteiger partial charge >= 0.3 is 0 Å². The van der Waals surface area contributed by atoms with Gasteiger partial charge in [0.25, 0.3) is 5.56 Å². The number of aromatic nitrogens is 2. The maximum absolute atomic E-state index is 11.9. The molecule has 0 aliphatic carbocycles. The molecule has 1 heterocycles. The fourth-order valence-electron chi connectivity index (χ4n) is 1.37. The summed E-state index contributed by atoms with van der Waals surface area (Å²) in [5.41, 5.74) is 0.955. The Balaban J connectivity index is 2.02. The monoisotopic (exact) mass is 294 g/mol. The van der Waals surface area contributed by atoms with E-state index in [1.807, 2.05) is 0 Å². The van der Waals surface area contributed by atoms with Crippen LogP contribution in [0, 0.1) is 6.92 Å². The fraction of sp³-hybridized carbons (Fsp3) is 0.154. The molecule has 0 aliphatic heterocycles. The Bertz CT molecular complexity index is 652. The Morgan fingerprint density at radius 3 is 2.68 bits per heavy atom. The maximum Gasteiger partial charge on any atom is 0.254 e. The van der Waals surface area contributed by atoms with Gasteiger partial charge in [-0.2, -0.15) is 0 Å². The summed E-state index contributed by atoms with van der Waals surface area (Å²) in [6, 6.07) is 6.70. The number of Topliss-reactive ketones (excluding diaryl/α,β-unsaturated/α-hetero) is 1. The zero-order valence-corrected chi connectivity index (χ0v) is 11.7. The van der Waals surface area contributed by atoms with Gasteiger partial charge in [0.2, 0.25) is 0 Å². The normalized spacial score (nSPS) is 10.4. The molecule has 1 aromatic heterocycles. The number of halogens is 1. The standard InChI is InChI=1S/C13H11ClN2O2S/c1-8-6-15-13(16-12(8)18)19-7-11(17)9-2-4-10(14)5-3-9/h2-6H,7H2,1H3,(H,15,16,18). The van der Waals surface area contributed by atoms with Gasteiger partial charge in [0.15, 0.2) is 10.9 Å². The highest BCUT2D eigenvalue weighted by Crippen LogP contribution is 2.15. The van der Waals surface area contributed by atoms with Crippen molar-refractivity contribution in [3.8, 4) is 0 Å². The number of nitrogens with one attached hydrogen (secondary N) is 1. The van der Waals surface area contributed by atoms with Gasteiger partial charge in [0.1, 0.15) is 0 Å². The summed E-state index contributed by atoms with van der Waals surface area (Å²) in [5, 5.41) is 1.03. The van der Waals surface area contributed by atoms with E-state index in [-0.39, 0.29) is 17.1 Å². The first-order valence-corrected chi connectivity index (χ1v) is 6.90. The van der Waals surface area contributed by atoms with E-state index in [1.54, 1.807) is 31.2 Å². The van der Waals surface area contributed by atoms with Crippen molar-refractivity contribution in [2.45, 2.75) is 12.1 Å². The summed E-state index contributed by atoms with van der Waals surface area (Å²) < 4.78 is 0. The van der Waals surface area contributed by atoms with Gasteiger partial charge in [-0.25, -0.2) is 4.98 Å². The lowest BCUT2D eigenvalue weighted by atomic mass is 10.1. The van der Waals surface area contributed by atoms with E-state index in [9.17, 15) is 9.59 Å². The number of hydrogen-bond acceptors (Lipinski definition) is 4. The van der Waals surface area contributed by atoms with Crippen LogP contribution in [0.15, 0.2) is 40.4 Å². The number of rotatable bonds is 4. The van der Waals surface area contributed by atoms with E-state index < -0.39 is 0 Å². The molecule has 0 unspecified atom stereocenters. The summed E-state index contributed by atoms with van der Waals surface area (Å²) in [7, 11) is 0. The van der Waals surface area contributed by atoms with E-state index in [2.05, 4.69) is 9.97 Å². The first-order chi connectivity index (χ1) is 9.06. The van der Waals surface area contributed by atoms with E-state index in [0.29, 0.717) is 21.3 Å². The summed E-state index contributed by atoms with van der Waals surface area (Å²) in [6.45, 7) is 1.68. The Morgan fingerprint density at radius 1 is 1.37 bits per heavy atom. The number of carbonyl (C=O) groups excluding carboxylic acids is 1. The van der Waals surface area contributed by atoms with Crippen molar-refractivity contribution in [1.29, 1.82) is 0 Å². The third kappa shape index (κ3) is 3.68. The number of benzene rings is 1. The van der Waals surface area contributed by atoms with Gasteiger partial charge in [-0.05, 0) is 31.2 Å². The van der Waals surface area contributed by atoms with Crippen molar-refractivity contribution in [1.82, 2.24) is 9.97 Å². The van der Waals surface area contributed by atoms with Crippen LogP contribution >= 0.6 is 23.4 Å². The van der Waals surface area contributed by atoms with E-state index >= 15 is 0 Å². The average Bonchev–Trinajstić information content (AvgIpc) is 2.40. The van der Waals surface area contributed by atoms with Crippen LogP contribution in [-0.4, -0.2) is 21.5 Å². The molecule has 19 heavy (non-hydrogen) atoms. The predicted octanol–water partition coefficient (Wildman–Crippen LogP) is 2.71. The first kappa shape index (κ1) is 13.8. The van der Waals surface area contributed by atoms with Gasteiger partial charge in [0, 0.05) is 22.3 Å². The SMILES string of the molecule is Cc1cnc(SCC(=O)c2ccc(Cl)cc2)[nH]c1=O. The molecule has 0 spiro atoms. The lowest BCUT2D eigenvalue weighted by molar-refractivity contribution is 0.102. The molecule has 0 bridgehead atoms. The number of aromatic amines is 1. The molecule has 4 nitrogen and oxygen atoms in total. The van der Waals surface area contributed by atoms with Crippen LogP contribution in [0.5, 0.6) is 0 Å². The highest BCUT2D eigenvalue weighted by molar-refractivity contribution is 7.99. The van der Waals surface area contributed by atoms with E-state index in [1.165, 1.54) is 18.0 Å². The minimum atomic E-state index is -0.184. The van der Waals surface area contributed by atoms with Crippen molar-refractivity contribution in [3.63, 3.8) is 0 Å². The Labute approximate surface area is 119 Å². The number of ketones is 1. The van der Waals surface area contributed by atoms with Crippen LogP contribution in [0.25, 0.3) is 0 Å². The van der Waals surface area contributed by atoms with Gasteiger partial charge in [0.05, 0.1) is 5.75 Å². The molecule has 0 saturated carbocycles. The number of nitrogens with zero attached hydrogens (tertiary/aromatic N) is 1. The van der Waals surface area contributed by atoms with Crippen molar-refractivity contribution in [2.75, 3.05) is 5.75 Å². The first-order valence-electron chi connectivity index (χ1n) is 5.54. The highest BCUT2D eigenvalue weighted by Gasteiger charge is 2.08. The second-order valence-corrected chi connectivity index (χ2v) is 5.32. The lowest BCUT2D eigenvalue weighted by Crippen LogP contribution is -2.12. The second-order valence-electron chi connectivity index (χ2n) is 3.92. The van der Waals surface area contributed by atoms with Crippen LogP contribution in [0.1, 0.15) is 15.9 Å². The molecular weight excluding hydrogens is 284 g/mol. The van der Waals surface area contributed by atoms with Gasteiger partial charge < -0.3 is 4.98 Å². The van der Waals surface area contributed by atoms with Gasteiger partial charge in [-0.15, -0.1) is 0 Å². The minimum Gasteiger partial charge on any atom is -0.301 e. The van der Waals surface area contributed by atoms with Crippen LogP contribution < -0.4 is 5.56 Å². The third-order valence-electron chi connectivity index (χ3n) is 2.46. The molecule has 0 atom stereocenters. The fourth-order valence-corrected chi connectivity index (χ4v) is 2.22. The highest BCUT2D eigenvalue weighted by atomic mass is 35.5. The Kier molecular flexibility index (Phi) is 4.39. The number of hydrogen-bond donors (Lipinski definition) is 1. The van der Waals surface area contributed by atoms with Crippen LogP contribution in [0.2, 0.25) is 5.02 Å². The minimum absolute atomic E-state index is 0.0371. The topological polar surface area (TPSA) is 62.8 Å². The van der Waals surface area contributed by atoms with Gasteiger partial charge in [-0.3, -0.25) is 9.59 Å². The molecule has 0 saturated heterocycles. The molecule has 6 heteroatoms. The van der Waals surface area contributed by atoms with Crippen molar-refractivity contribution in [3.05, 3.63) is 57.0 Å². The zero-order valence-electron chi connectivity index (χ0n) is 10.1. The Hall–Kier alpha value is -1.59. The molecule has 2 rings (SSSR count). The van der Waals surface area contributed by atoms with Crippen LogP contribution in [0.3, 0.4) is 0 Å². The molecule has 98 valence electrons. The predicted molar refractivity (Wildman–Crippen MR) is 76.1 cm³/mol. The Morgan fingerprint density at radius 2 is 2.05 bits per heavy atom. The molecule has 0 amide bonds. The summed E-state index contributed by atoms with van der Waals surface area (Å²) in [6.07, 6.45) is 1.49. The summed E-state index contributed by atoms with van der Waals surface area (Å²) in [5.74, 6) is 0.179. The molecular formula is C13H11ClN2O2S. The molecule has 2 aromatic rings. The quantitative estimate of drug-likeness (QED) is 0.535. The van der Waals surface area contributed by atoms with Crippen molar-refractivity contribution >= 4 is 29.1 Å². The lowest BCUT2D eigenvalue weighted by Gasteiger charge is -2.01. The number of aryl methyl sites for hydroxylation is 1. The molecule has 1 N–H and O–H groups in total. The smallest absolute Gasteiger partial charge is 0.254 e. The van der Waals surface area contributed by atoms with E-state index in [4.69, 9.17) is 11.6 Å². The van der Waals surface area contributed by atoms with Crippen molar-refractivity contribution in [2.24, 2.45) is 0 Å². The summed E-state index contributed by atoms with van der Waals surface area (Å²) in [4.78, 5) is 29.9. The van der Waals surface area contributed by atoms with Gasteiger partial charge in [-0.1, -0.05) is 23.4 Å². The zero-order chi connectivity index (χ0) is 13.8. The second kappa shape index (κ2) is 6.04. The average molecular weight is 295 g/mol. The largest absolute Gasteiger partial charge is 0.301 e. The maximum atomic E-state index is 11.9. The van der Waals surface area contributed by atoms with Crippen molar-refractivity contribution < 1.29 is 4.79 Å². The molecule has 0 fully saturated rings. The number of H-pyrrole nitrogens is 1. The van der Waals surface area contributed by atoms with E-state index in [0.717, 1.165) is 0 Å². The molecule has 0 radical (unpaired) electrons. The number of thioether (sulfide) groups is 1. The third-order valence-corrected chi connectivity index (χ3v) is 3.60.